The molecule has 13 heavy (non-hydrogen) atoms. The van der Waals surface area contributed by atoms with Crippen LogP contribution in [-0.2, 0) is 11.4 Å². The molecule has 0 aromatic carbocycles. The molecule has 0 unspecified atom stereocenters. The van der Waals surface area contributed by atoms with E-state index < -0.39 is 0 Å². The number of hydrogen-bond donors (Lipinski definition) is 3. The molecular weight excluding hydrogens is 192 g/mol. The van der Waals surface area contributed by atoms with E-state index in [9.17, 15) is 0 Å². The summed E-state index contributed by atoms with van der Waals surface area (Å²) < 4.78 is 4.73. The Balaban J connectivity index is 0. The van der Waals surface area contributed by atoms with Crippen molar-refractivity contribution in [2.45, 2.75) is 6.61 Å². The van der Waals surface area contributed by atoms with Crippen LogP contribution in [0.25, 0.3) is 0 Å². The normalized spacial score (nSPS) is 7.15. The highest BCUT2D eigenvalue weighted by Gasteiger charge is 1.85. The molecular formula is C7H12N2O3S. The second-order valence-electron chi connectivity index (χ2n) is 1.64. The number of carbonyl (C=O) groups excluding carboxylic acids is 1. The fourth-order valence-electron chi connectivity index (χ4n) is 0.403. The van der Waals surface area contributed by atoms with Crippen molar-refractivity contribution in [1.82, 2.24) is 0 Å². The highest BCUT2D eigenvalue weighted by molar-refractivity contribution is 7.80. The lowest BCUT2D eigenvalue weighted by molar-refractivity contribution is -0.0979. The number of aliphatic hydroxyl groups is 1. The molecule has 1 heterocycles. The van der Waals surface area contributed by atoms with Crippen LogP contribution >= 0.6 is 12.2 Å². The topological polar surface area (TPSA) is 102 Å². The van der Waals surface area contributed by atoms with Crippen molar-refractivity contribution in [3.63, 3.8) is 0 Å². The van der Waals surface area contributed by atoms with Crippen LogP contribution in [0.15, 0.2) is 22.8 Å². The summed E-state index contributed by atoms with van der Waals surface area (Å²) in [5.74, 6) is 0.611. The molecule has 6 heteroatoms. The Labute approximate surface area is 81.3 Å². The number of nitrogens with two attached hydrogens (primary N) is 2. The Bertz CT molecular complexity index is 210. The van der Waals surface area contributed by atoms with Crippen LogP contribution < -0.4 is 11.5 Å². The summed E-state index contributed by atoms with van der Waals surface area (Å²) in [6.45, 7) is 1.99. The molecule has 0 aliphatic heterocycles. The first-order valence-corrected chi connectivity index (χ1v) is 3.54. The van der Waals surface area contributed by atoms with Crippen LogP contribution in [0.4, 0.5) is 0 Å². The van der Waals surface area contributed by atoms with Gasteiger partial charge in [-0.25, -0.2) is 0 Å². The third-order valence-corrected chi connectivity index (χ3v) is 0.736. The first kappa shape index (κ1) is 14.1. The van der Waals surface area contributed by atoms with Crippen molar-refractivity contribution in [2.24, 2.45) is 11.5 Å². The number of rotatable bonds is 1. The van der Waals surface area contributed by atoms with E-state index in [0.717, 1.165) is 0 Å². The van der Waals surface area contributed by atoms with E-state index in [4.69, 9.17) is 14.3 Å². The molecule has 5 nitrogen and oxygen atoms in total. The summed E-state index contributed by atoms with van der Waals surface area (Å²) in [5, 5.41) is 8.33. The Hall–Kier alpha value is -1.40. The van der Waals surface area contributed by atoms with Crippen LogP contribution in [0.5, 0.6) is 0 Å². The lowest BCUT2D eigenvalue weighted by Gasteiger charge is -1.79. The molecule has 0 saturated carbocycles. The molecule has 0 saturated heterocycles. The molecule has 0 aliphatic carbocycles. The average molecular weight is 204 g/mol. The zero-order valence-electron chi connectivity index (χ0n) is 6.97. The monoisotopic (exact) mass is 204 g/mol. The fourth-order valence-corrected chi connectivity index (χ4v) is 0.403. The van der Waals surface area contributed by atoms with Gasteiger partial charge in [0.15, 0.2) is 5.11 Å². The van der Waals surface area contributed by atoms with E-state index in [1.165, 1.54) is 6.26 Å². The van der Waals surface area contributed by atoms with E-state index >= 15 is 0 Å². The molecule has 0 fully saturated rings. The zero-order chi connectivity index (χ0) is 10.7. The highest BCUT2D eigenvalue weighted by Crippen LogP contribution is 1.96. The lowest BCUT2D eigenvalue weighted by Crippen LogP contribution is -2.18. The smallest absolute Gasteiger partial charge is 0.160 e. The summed E-state index contributed by atoms with van der Waals surface area (Å²) in [7, 11) is 0. The third kappa shape index (κ3) is 13.6. The average Bonchev–Trinajstić information content (AvgIpc) is 2.58. The minimum absolute atomic E-state index is 0.000000000000000222. The van der Waals surface area contributed by atoms with Crippen LogP contribution in [-0.4, -0.2) is 17.0 Å². The maximum absolute atomic E-state index is 8.33. The van der Waals surface area contributed by atoms with Gasteiger partial charge >= 0.3 is 0 Å². The van der Waals surface area contributed by atoms with E-state index in [1.807, 2.05) is 6.79 Å². The number of furan rings is 1. The molecule has 1 rings (SSSR count). The van der Waals surface area contributed by atoms with Gasteiger partial charge in [0.1, 0.15) is 19.2 Å². The molecule has 0 amide bonds. The first-order valence-electron chi connectivity index (χ1n) is 3.14. The predicted molar refractivity (Wildman–Crippen MR) is 52.7 cm³/mol. The van der Waals surface area contributed by atoms with Crippen LogP contribution in [0, 0.1) is 0 Å². The number of thiocarbonyl (C=S) groups is 1. The van der Waals surface area contributed by atoms with Crippen molar-refractivity contribution in [3.8, 4) is 0 Å². The van der Waals surface area contributed by atoms with Crippen LogP contribution in [0.1, 0.15) is 5.76 Å². The van der Waals surface area contributed by atoms with Gasteiger partial charge in [0.05, 0.1) is 6.26 Å². The van der Waals surface area contributed by atoms with Gasteiger partial charge < -0.3 is 25.8 Å². The third-order valence-electron chi connectivity index (χ3n) is 0.736. The van der Waals surface area contributed by atoms with Gasteiger partial charge in [-0.2, -0.15) is 0 Å². The van der Waals surface area contributed by atoms with Gasteiger partial charge in [-0.15, -0.1) is 0 Å². The quantitative estimate of drug-likeness (QED) is 0.546. The summed E-state index contributed by atoms with van der Waals surface area (Å²) in [6.07, 6.45) is 1.53. The van der Waals surface area contributed by atoms with Crippen molar-refractivity contribution in [2.75, 3.05) is 0 Å². The predicted octanol–water partition coefficient (Wildman–Crippen LogP) is -0.224. The van der Waals surface area contributed by atoms with E-state index in [-0.39, 0.29) is 11.7 Å². The Morgan fingerprint density at radius 3 is 2.23 bits per heavy atom. The van der Waals surface area contributed by atoms with E-state index in [1.54, 1.807) is 12.1 Å². The molecule has 0 atom stereocenters. The standard InChI is InChI=1S/C5H6O2.CH4N2S.CH2O/c6-4-5-2-1-3-7-5;2-1(3)4;1-2/h1-3,6H,4H2;(H4,2,3,4);1H2. The zero-order valence-corrected chi connectivity index (χ0v) is 7.79. The SMILES string of the molecule is C=O.NC(N)=S.OCc1ccco1. The highest BCUT2D eigenvalue weighted by atomic mass is 32.1. The maximum atomic E-state index is 8.33. The summed E-state index contributed by atoms with van der Waals surface area (Å²) in [4.78, 5) is 8.00. The molecule has 0 radical (unpaired) electrons. The number of aliphatic hydroxyl groups excluding tert-OH is 1. The fraction of sp³-hybridized carbons (Fsp3) is 0.143. The minimum Gasteiger partial charge on any atom is -0.467 e. The summed E-state index contributed by atoms with van der Waals surface area (Å²) in [5.41, 5.74) is 9.24. The molecule has 0 aliphatic rings. The molecule has 0 spiro atoms. The number of hydrogen-bond acceptors (Lipinski definition) is 4. The molecule has 5 N–H and O–H groups in total. The van der Waals surface area contributed by atoms with Gasteiger partial charge in [-0.1, -0.05) is 0 Å². The Morgan fingerprint density at radius 2 is 2.08 bits per heavy atom. The van der Waals surface area contributed by atoms with Crippen LogP contribution in [0.3, 0.4) is 0 Å². The van der Waals surface area contributed by atoms with Gasteiger partial charge in [-0.3, -0.25) is 0 Å². The van der Waals surface area contributed by atoms with Crippen molar-refractivity contribution < 1.29 is 14.3 Å². The molecule has 1 aromatic rings. The van der Waals surface area contributed by atoms with E-state index in [0.29, 0.717) is 5.76 Å². The Kier molecular flexibility index (Phi) is 11.5. The number of carbonyl (C=O) groups is 1. The Morgan fingerprint density at radius 1 is 1.62 bits per heavy atom. The lowest BCUT2D eigenvalue weighted by atomic mass is 10.5. The van der Waals surface area contributed by atoms with Gasteiger partial charge in [0.2, 0.25) is 0 Å². The second-order valence-corrected chi connectivity index (χ2v) is 2.11. The summed E-state index contributed by atoms with van der Waals surface area (Å²) in [6, 6.07) is 3.46. The van der Waals surface area contributed by atoms with Gasteiger partial charge in [0.25, 0.3) is 0 Å². The molecule has 0 bridgehead atoms. The largest absolute Gasteiger partial charge is 0.467 e. The van der Waals surface area contributed by atoms with Crippen molar-refractivity contribution in [1.29, 1.82) is 0 Å². The van der Waals surface area contributed by atoms with E-state index in [2.05, 4.69) is 23.7 Å². The van der Waals surface area contributed by atoms with Crippen molar-refractivity contribution >= 4 is 24.1 Å². The first-order chi connectivity index (χ1) is 6.16. The second kappa shape index (κ2) is 10.6. The minimum atomic E-state index is -0.00694. The van der Waals surface area contributed by atoms with Gasteiger partial charge in [-0.05, 0) is 24.4 Å². The molecule has 1 aromatic heterocycles. The molecule has 74 valence electrons. The maximum Gasteiger partial charge on any atom is 0.160 e. The van der Waals surface area contributed by atoms with Gasteiger partial charge in [0, 0.05) is 0 Å². The van der Waals surface area contributed by atoms with Crippen molar-refractivity contribution in [3.05, 3.63) is 24.2 Å². The summed E-state index contributed by atoms with van der Waals surface area (Å²) >= 11 is 4.09. The van der Waals surface area contributed by atoms with Crippen LogP contribution in [0.2, 0.25) is 0 Å².